The molecule has 0 bridgehead atoms. The van der Waals surface area contributed by atoms with Gasteiger partial charge in [0.2, 0.25) is 0 Å². The van der Waals surface area contributed by atoms with E-state index in [0.717, 1.165) is 0 Å². The Morgan fingerprint density at radius 1 is 1.18 bits per heavy atom. The number of rotatable bonds is 5. The Kier molecular flexibility index (Phi) is 6.58. The fraction of sp³-hybridized carbons (Fsp3) is 0.357. The molecule has 0 spiro atoms. The Morgan fingerprint density at radius 2 is 1.82 bits per heavy atom. The van der Waals surface area contributed by atoms with E-state index < -0.39 is 11.9 Å². The standard InChI is InChI=1S/C14H18N2O5S/c1-16(8-12(17)21-4)14(22)15-13(18)9-5-6-10(19-2)11(7-9)20-3/h5-7H,8H2,1-4H3,(H,15,18,22). The molecule has 0 unspecified atom stereocenters. The highest BCUT2D eigenvalue weighted by Crippen LogP contribution is 2.27. The largest absolute Gasteiger partial charge is 0.493 e. The van der Waals surface area contributed by atoms with Crippen LogP contribution in [-0.4, -0.2) is 56.8 Å². The maximum atomic E-state index is 12.1. The van der Waals surface area contributed by atoms with Crippen molar-refractivity contribution >= 4 is 29.2 Å². The number of amides is 1. The van der Waals surface area contributed by atoms with Gasteiger partial charge in [-0.25, -0.2) is 0 Å². The lowest BCUT2D eigenvalue weighted by Crippen LogP contribution is -2.42. The summed E-state index contributed by atoms with van der Waals surface area (Å²) in [5.74, 6) is 0.0845. The van der Waals surface area contributed by atoms with Crippen LogP contribution in [0, 0.1) is 0 Å². The number of carbonyl (C=O) groups excluding carboxylic acids is 2. The lowest BCUT2D eigenvalue weighted by Gasteiger charge is -2.19. The number of methoxy groups -OCH3 is 3. The van der Waals surface area contributed by atoms with Gasteiger partial charge in [0.15, 0.2) is 16.6 Å². The van der Waals surface area contributed by atoms with E-state index in [4.69, 9.17) is 21.7 Å². The van der Waals surface area contributed by atoms with Crippen LogP contribution in [0.25, 0.3) is 0 Å². The summed E-state index contributed by atoms with van der Waals surface area (Å²) in [6.45, 7) is -0.0540. The van der Waals surface area contributed by atoms with Gasteiger partial charge in [-0.3, -0.25) is 14.9 Å². The third kappa shape index (κ3) is 4.59. The summed E-state index contributed by atoms with van der Waals surface area (Å²) >= 11 is 5.06. The Balaban J connectivity index is 2.76. The summed E-state index contributed by atoms with van der Waals surface area (Å²) in [6, 6.07) is 4.74. The molecular weight excluding hydrogens is 308 g/mol. The van der Waals surface area contributed by atoms with Gasteiger partial charge >= 0.3 is 5.97 Å². The van der Waals surface area contributed by atoms with Crippen molar-refractivity contribution in [3.8, 4) is 11.5 Å². The highest BCUT2D eigenvalue weighted by Gasteiger charge is 2.15. The second-order valence-electron chi connectivity index (χ2n) is 4.26. The third-order valence-electron chi connectivity index (χ3n) is 2.81. The number of hydrogen-bond donors (Lipinski definition) is 1. The summed E-state index contributed by atoms with van der Waals surface area (Å²) in [5.41, 5.74) is 0.353. The molecular formula is C14H18N2O5S. The topological polar surface area (TPSA) is 77.1 Å². The predicted molar refractivity (Wildman–Crippen MR) is 84.3 cm³/mol. The third-order valence-corrected chi connectivity index (χ3v) is 3.22. The molecule has 0 saturated carbocycles. The second-order valence-corrected chi connectivity index (χ2v) is 4.65. The Hall–Kier alpha value is -2.35. The van der Waals surface area contributed by atoms with Crippen molar-refractivity contribution < 1.29 is 23.8 Å². The van der Waals surface area contributed by atoms with Gasteiger partial charge in [-0.05, 0) is 30.4 Å². The monoisotopic (exact) mass is 326 g/mol. The average Bonchev–Trinajstić information content (AvgIpc) is 2.53. The fourth-order valence-electron chi connectivity index (χ4n) is 1.57. The van der Waals surface area contributed by atoms with Crippen LogP contribution < -0.4 is 14.8 Å². The number of nitrogens with zero attached hydrogens (tertiary/aromatic N) is 1. The van der Waals surface area contributed by atoms with Gasteiger partial charge in [0.05, 0.1) is 21.3 Å². The number of ether oxygens (including phenoxy) is 3. The number of carbonyl (C=O) groups is 2. The van der Waals surface area contributed by atoms with E-state index in [1.165, 1.54) is 32.3 Å². The van der Waals surface area contributed by atoms with E-state index >= 15 is 0 Å². The maximum Gasteiger partial charge on any atom is 0.325 e. The molecule has 0 aliphatic rings. The molecule has 1 aromatic rings. The van der Waals surface area contributed by atoms with Crippen LogP contribution in [0.1, 0.15) is 10.4 Å². The molecule has 1 aromatic carbocycles. The Morgan fingerprint density at radius 3 is 2.36 bits per heavy atom. The van der Waals surface area contributed by atoms with E-state index in [9.17, 15) is 9.59 Å². The van der Waals surface area contributed by atoms with Crippen LogP contribution in [0.3, 0.4) is 0 Å². The molecule has 0 atom stereocenters. The zero-order valence-electron chi connectivity index (χ0n) is 12.8. The minimum atomic E-state index is -0.454. The molecule has 1 rings (SSSR count). The molecule has 0 saturated heterocycles. The van der Waals surface area contributed by atoms with Crippen molar-refractivity contribution in [2.24, 2.45) is 0 Å². The predicted octanol–water partition coefficient (Wildman–Crippen LogP) is 0.823. The first kappa shape index (κ1) is 17.7. The van der Waals surface area contributed by atoms with E-state index in [2.05, 4.69) is 10.1 Å². The summed E-state index contributed by atoms with van der Waals surface area (Å²) < 4.78 is 14.8. The first-order chi connectivity index (χ1) is 10.4. The van der Waals surface area contributed by atoms with Crippen LogP contribution in [0.5, 0.6) is 11.5 Å². The summed E-state index contributed by atoms with van der Waals surface area (Å²) in [7, 11) is 5.85. The molecule has 22 heavy (non-hydrogen) atoms. The molecule has 1 amide bonds. The van der Waals surface area contributed by atoms with Gasteiger partial charge in [0, 0.05) is 12.6 Å². The van der Waals surface area contributed by atoms with Gasteiger partial charge < -0.3 is 19.1 Å². The molecule has 1 N–H and O–H groups in total. The SMILES string of the molecule is COC(=O)CN(C)C(=S)NC(=O)c1ccc(OC)c(OC)c1. The summed E-state index contributed by atoms with van der Waals surface area (Å²) in [4.78, 5) is 24.7. The lowest BCUT2D eigenvalue weighted by molar-refractivity contribution is -0.140. The molecule has 7 nitrogen and oxygen atoms in total. The van der Waals surface area contributed by atoms with Gasteiger partial charge in [-0.2, -0.15) is 0 Å². The van der Waals surface area contributed by atoms with E-state index in [1.807, 2.05) is 0 Å². The number of nitrogens with one attached hydrogen (secondary N) is 1. The van der Waals surface area contributed by atoms with Gasteiger partial charge in [0.1, 0.15) is 6.54 Å². The highest BCUT2D eigenvalue weighted by atomic mass is 32.1. The van der Waals surface area contributed by atoms with Crippen LogP contribution >= 0.6 is 12.2 Å². The number of benzene rings is 1. The van der Waals surface area contributed by atoms with E-state index in [0.29, 0.717) is 17.1 Å². The number of likely N-dealkylation sites (N-methyl/N-ethyl adjacent to an activating group) is 1. The Labute approximate surface area is 134 Å². The summed E-state index contributed by atoms with van der Waals surface area (Å²) in [6.07, 6.45) is 0. The molecule has 0 aromatic heterocycles. The molecule has 0 radical (unpaired) electrons. The zero-order valence-corrected chi connectivity index (χ0v) is 13.7. The summed E-state index contributed by atoms with van der Waals surface area (Å²) in [5, 5.41) is 2.64. The quantitative estimate of drug-likeness (QED) is 0.634. The van der Waals surface area contributed by atoms with Crippen molar-refractivity contribution in [3.63, 3.8) is 0 Å². The van der Waals surface area contributed by atoms with Gasteiger partial charge in [0.25, 0.3) is 5.91 Å². The molecule has 0 fully saturated rings. The zero-order chi connectivity index (χ0) is 16.7. The smallest absolute Gasteiger partial charge is 0.325 e. The fourth-order valence-corrected chi connectivity index (χ4v) is 1.73. The first-order valence-electron chi connectivity index (χ1n) is 6.28. The minimum Gasteiger partial charge on any atom is -0.493 e. The van der Waals surface area contributed by atoms with E-state index in [1.54, 1.807) is 19.2 Å². The normalized spacial score (nSPS) is 9.64. The van der Waals surface area contributed by atoms with Crippen molar-refractivity contribution in [3.05, 3.63) is 23.8 Å². The minimum absolute atomic E-state index is 0.0540. The van der Waals surface area contributed by atoms with Crippen molar-refractivity contribution in [2.45, 2.75) is 0 Å². The van der Waals surface area contributed by atoms with Crippen LogP contribution in [-0.2, 0) is 9.53 Å². The lowest BCUT2D eigenvalue weighted by atomic mass is 10.2. The van der Waals surface area contributed by atoms with Crippen LogP contribution in [0.2, 0.25) is 0 Å². The Bertz CT molecular complexity index is 576. The van der Waals surface area contributed by atoms with Gasteiger partial charge in [-0.15, -0.1) is 0 Å². The molecule has 120 valence electrons. The number of esters is 1. The average molecular weight is 326 g/mol. The molecule has 0 heterocycles. The highest BCUT2D eigenvalue weighted by molar-refractivity contribution is 7.80. The second kappa shape index (κ2) is 8.18. The first-order valence-corrected chi connectivity index (χ1v) is 6.69. The number of thiocarbonyl (C=S) groups is 1. The van der Waals surface area contributed by atoms with E-state index in [-0.39, 0.29) is 11.7 Å². The van der Waals surface area contributed by atoms with Crippen LogP contribution in [0.4, 0.5) is 0 Å². The molecule has 0 aliphatic carbocycles. The van der Waals surface area contributed by atoms with Crippen molar-refractivity contribution in [1.82, 2.24) is 10.2 Å². The van der Waals surface area contributed by atoms with Gasteiger partial charge in [-0.1, -0.05) is 0 Å². The van der Waals surface area contributed by atoms with Crippen LogP contribution in [0.15, 0.2) is 18.2 Å². The van der Waals surface area contributed by atoms with Crippen molar-refractivity contribution in [2.75, 3.05) is 34.9 Å². The molecule has 8 heteroatoms. The van der Waals surface area contributed by atoms with Crippen molar-refractivity contribution in [1.29, 1.82) is 0 Å². The maximum absolute atomic E-state index is 12.1. The number of hydrogen-bond acceptors (Lipinski definition) is 6. The molecule has 0 aliphatic heterocycles.